The molecule has 1 heterocycles. The van der Waals surface area contributed by atoms with Gasteiger partial charge in [-0.25, -0.2) is 13.2 Å². The molecule has 0 saturated carbocycles. The van der Waals surface area contributed by atoms with Crippen molar-refractivity contribution in [2.45, 2.75) is 72.0 Å². The summed E-state index contributed by atoms with van der Waals surface area (Å²) in [6.07, 6.45) is 9.99. The van der Waals surface area contributed by atoms with Crippen molar-refractivity contribution in [3.8, 4) is 0 Å². The van der Waals surface area contributed by atoms with Crippen molar-refractivity contribution in [3.05, 3.63) is 83.1 Å². The lowest BCUT2D eigenvalue weighted by Crippen LogP contribution is -2.51. The molecule has 0 fully saturated rings. The van der Waals surface area contributed by atoms with Crippen molar-refractivity contribution >= 4 is 23.6 Å². The van der Waals surface area contributed by atoms with E-state index in [1.54, 1.807) is 12.2 Å². The summed E-state index contributed by atoms with van der Waals surface area (Å²) >= 11 is 1.49. The monoisotopic (exact) mass is 598 g/mol. The number of thioether (sulfide) groups is 1. The second kappa shape index (κ2) is 22.8. The Hall–Kier alpha value is -2.82. The summed E-state index contributed by atoms with van der Waals surface area (Å²) in [5, 5.41) is 23.0. The van der Waals surface area contributed by atoms with Crippen LogP contribution in [0.2, 0.25) is 0 Å². The number of carbonyl (C=O) groups excluding carboxylic acids is 2. The van der Waals surface area contributed by atoms with Gasteiger partial charge in [0.05, 0.1) is 6.33 Å². The highest BCUT2D eigenvalue weighted by atomic mass is 32.2. The van der Waals surface area contributed by atoms with Crippen LogP contribution >= 0.6 is 11.8 Å². The summed E-state index contributed by atoms with van der Waals surface area (Å²) in [6, 6.07) is 0. The van der Waals surface area contributed by atoms with E-state index in [0.29, 0.717) is 50.0 Å². The van der Waals surface area contributed by atoms with Crippen molar-refractivity contribution in [1.29, 1.82) is 0 Å². The molecule has 2 amide bonds. The number of rotatable bonds is 13. The first kappa shape index (κ1) is 38.2. The largest absolute Gasteiger partial charge is 0.380 e. The Morgan fingerprint density at radius 1 is 1.10 bits per heavy atom. The lowest BCUT2D eigenvalue weighted by atomic mass is 10.0. The van der Waals surface area contributed by atoms with E-state index in [-0.39, 0.29) is 13.0 Å². The van der Waals surface area contributed by atoms with Gasteiger partial charge >= 0.3 is 0 Å². The van der Waals surface area contributed by atoms with Crippen molar-refractivity contribution in [2.75, 3.05) is 25.4 Å². The van der Waals surface area contributed by atoms with Crippen LogP contribution in [0.5, 0.6) is 0 Å². The lowest BCUT2D eigenvalue weighted by molar-refractivity contribution is -0.153. The molecule has 0 aromatic rings. The third-order valence-electron chi connectivity index (χ3n) is 5.54. The van der Waals surface area contributed by atoms with Crippen molar-refractivity contribution in [1.82, 2.24) is 10.2 Å². The highest BCUT2D eigenvalue weighted by Gasteiger charge is 2.33. The summed E-state index contributed by atoms with van der Waals surface area (Å²) in [5.74, 6) is -2.08. The van der Waals surface area contributed by atoms with E-state index in [2.05, 4.69) is 11.9 Å². The summed E-state index contributed by atoms with van der Waals surface area (Å²) < 4.78 is 37.9. The first-order valence-electron chi connectivity index (χ1n) is 13.9. The van der Waals surface area contributed by atoms with Gasteiger partial charge in [0.2, 0.25) is 0 Å². The summed E-state index contributed by atoms with van der Waals surface area (Å²) in [4.78, 5) is 27.1. The molecule has 3 N–H and O–H groups in total. The van der Waals surface area contributed by atoms with E-state index in [9.17, 15) is 33.0 Å². The number of hydrogen-bond acceptors (Lipinski definition) is 5. The third-order valence-corrected chi connectivity index (χ3v) is 6.50. The highest BCUT2D eigenvalue weighted by molar-refractivity contribution is 8.03. The van der Waals surface area contributed by atoms with Crippen molar-refractivity contribution < 1.29 is 33.0 Å². The van der Waals surface area contributed by atoms with Crippen LogP contribution in [0.15, 0.2) is 83.1 Å². The molecule has 2 atom stereocenters. The number of aliphatic hydroxyl groups excluding tert-OH is 2. The molecule has 1 aliphatic carbocycles. The van der Waals surface area contributed by atoms with Crippen LogP contribution in [0.1, 0.15) is 59.8 Å². The fourth-order valence-electron chi connectivity index (χ4n) is 3.54. The lowest BCUT2D eigenvalue weighted by Gasteiger charge is -2.26. The van der Waals surface area contributed by atoms with E-state index < -0.39 is 35.7 Å². The van der Waals surface area contributed by atoms with Crippen molar-refractivity contribution in [3.63, 3.8) is 0 Å². The van der Waals surface area contributed by atoms with E-state index >= 15 is 0 Å². The van der Waals surface area contributed by atoms with Gasteiger partial charge in [0.1, 0.15) is 11.7 Å². The second-order valence-electron chi connectivity index (χ2n) is 8.76. The molecule has 0 saturated heterocycles. The maximum absolute atomic E-state index is 13.7. The Morgan fingerprint density at radius 2 is 1.78 bits per heavy atom. The number of aliphatic hydroxyl groups is 2. The molecular weight excluding hydrogens is 553 g/mol. The molecule has 230 valence electrons. The van der Waals surface area contributed by atoms with Crippen LogP contribution < -0.4 is 5.32 Å². The molecule has 0 aromatic heterocycles. The molecule has 2 rings (SSSR count). The van der Waals surface area contributed by atoms with Gasteiger partial charge in [-0.2, -0.15) is 0 Å². The molecule has 10 heteroatoms. The SMILES string of the molecule is C=CCCN(CCC)C(=O)C(O)C(O)C(=O)NCC1=CC(CC2=CCC(F)=CC(F)=C2)=CCS1.CC.CC/C=C/F. The maximum atomic E-state index is 13.7. The minimum atomic E-state index is -1.90. The molecule has 0 spiro atoms. The Bertz CT molecular complexity index is 1020. The quantitative estimate of drug-likeness (QED) is 0.210. The molecule has 0 bridgehead atoms. The van der Waals surface area contributed by atoms with Crippen molar-refractivity contribution in [2.24, 2.45) is 0 Å². The standard InChI is InChI=1S/C25H32F2N2O4S.C4H7F.C2H6/c1-3-5-10-29(9-4-2)25(33)23(31)22(30)24(32)28-16-21-14-18(8-11-34-21)12-17-6-7-19(26)15-20(27)13-17;1-2-3-4-5;1-2/h3,6,8,13-15,22-23,30-31H,1,4-5,7,9-12,16H2,2H3,(H,28,32);3-4H,2H2,1H3;1-2H3/b;4-3+;. The van der Waals surface area contributed by atoms with E-state index in [1.807, 2.05) is 39.8 Å². The van der Waals surface area contributed by atoms with Crippen LogP contribution in [0.3, 0.4) is 0 Å². The van der Waals surface area contributed by atoms with Gasteiger partial charge in [-0.3, -0.25) is 9.59 Å². The predicted molar refractivity (Wildman–Crippen MR) is 163 cm³/mol. The minimum absolute atomic E-state index is 0.0378. The predicted octanol–water partition coefficient (Wildman–Crippen LogP) is 6.53. The van der Waals surface area contributed by atoms with Gasteiger partial charge in [0.25, 0.3) is 11.8 Å². The second-order valence-corrected chi connectivity index (χ2v) is 9.91. The smallest absolute Gasteiger partial charge is 0.254 e. The average molecular weight is 599 g/mol. The van der Waals surface area contributed by atoms with Gasteiger partial charge in [-0.05, 0) is 49.0 Å². The van der Waals surface area contributed by atoms with Crippen LogP contribution in [0.4, 0.5) is 13.2 Å². The van der Waals surface area contributed by atoms with Gasteiger partial charge in [-0.15, -0.1) is 18.3 Å². The van der Waals surface area contributed by atoms with Gasteiger partial charge < -0.3 is 20.4 Å². The average Bonchev–Trinajstić information content (AvgIpc) is 3.13. The van der Waals surface area contributed by atoms with Gasteiger partial charge in [0.15, 0.2) is 12.2 Å². The highest BCUT2D eigenvalue weighted by Crippen LogP contribution is 2.29. The van der Waals surface area contributed by atoms with E-state index in [0.717, 1.165) is 23.0 Å². The number of carbonyl (C=O) groups is 2. The molecule has 0 aromatic carbocycles. The fourth-order valence-corrected chi connectivity index (χ4v) is 4.47. The molecule has 1 aliphatic heterocycles. The molecule has 6 nitrogen and oxygen atoms in total. The van der Waals surface area contributed by atoms with E-state index in [4.69, 9.17) is 0 Å². The minimum Gasteiger partial charge on any atom is -0.380 e. The summed E-state index contributed by atoms with van der Waals surface area (Å²) in [5.41, 5.74) is 1.55. The van der Waals surface area contributed by atoms with Gasteiger partial charge in [-0.1, -0.05) is 52.0 Å². The third kappa shape index (κ3) is 15.7. The molecule has 0 radical (unpaired) electrons. The zero-order chi connectivity index (χ0) is 31.2. The van der Waals surface area contributed by atoms with Crippen LogP contribution in [0, 0.1) is 0 Å². The number of amides is 2. The zero-order valence-electron chi connectivity index (χ0n) is 24.5. The maximum Gasteiger partial charge on any atom is 0.254 e. The number of allylic oxidation sites excluding steroid dienone is 9. The molecule has 2 aliphatic rings. The fraction of sp³-hybridized carbons (Fsp3) is 0.484. The first-order valence-corrected chi connectivity index (χ1v) is 14.9. The normalized spacial score (nSPS) is 16.1. The molecular formula is C31H45F3N2O4S. The first-order chi connectivity index (χ1) is 19.7. The Labute approximate surface area is 247 Å². The number of hydrogen-bond donors (Lipinski definition) is 3. The Morgan fingerprint density at radius 3 is 2.37 bits per heavy atom. The van der Waals surface area contributed by atoms with E-state index in [1.165, 1.54) is 28.8 Å². The summed E-state index contributed by atoms with van der Waals surface area (Å²) in [6.45, 7) is 12.2. The van der Waals surface area contributed by atoms with Gasteiger partial charge in [0, 0.05) is 42.8 Å². The summed E-state index contributed by atoms with van der Waals surface area (Å²) in [7, 11) is 0. The number of nitrogens with one attached hydrogen (secondary N) is 1. The van der Waals surface area contributed by atoms with Crippen LogP contribution in [-0.4, -0.2) is 64.5 Å². The zero-order valence-corrected chi connectivity index (χ0v) is 25.4. The Kier molecular flexibility index (Phi) is 21.3. The molecule has 41 heavy (non-hydrogen) atoms. The Balaban J connectivity index is 0.00000205. The number of nitrogens with zero attached hydrogens (tertiary/aromatic N) is 1. The topological polar surface area (TPSA) is 89.9 Å². The van der Waals surface area contributed by atoms with Crippen LogP contribution in [-0.2, 0) is 9.59 Å². The molecule has 2 unspecified atom stereocenters. The number of halogens is 3. The van der Waals surface area contributed by atoms with Crippen LogP contribution in [0.25, 0.3) is 0 Å².